The van der Waals surface area contributed by atoms with Gasteiger partial charge in [0.25, 0.3) is 0 Å². The van der Waals surface area contributed by atoms with Crippen molar-refractivity contribution in [1.29, 1.82) is 0 Å². The highest BCUT2D eigenvalue weighted by atomic mass is 79.9. The lowest BCUT2D eigenvalue weighted by molar-refractivity contribution is 0.471. The molecule has 2 nitrogen and oxygen atoms in total. The molecule has 1 N–H and O–H groups in total. The molecule has 0 aliphatic carbocycles. The summed E-state index contributed by atoms with van der Waals surface area (Å²) >= 11 is 5.31. The zero-order valence-corrected chi connectivity index (χ0v) is 13.9. The van der Waals surface area contributed by atoms with Gasteiger partial charge in [0, 0.05) is 27.9 Å². The molecule has 1 aromatic carbocycles. The molecule has 0 aliphatic heterocycles. The molecule has 1 atom stereocenters. The van der Waals surface area contributed by atoms with Crippen molar-refractivity contribution in [3.8, 4) is 10.6 Å². The molecule has 0 fully saturated rings. The van der Waals surface area contributed by atoms with Crippen LogP contribution in [0.15, 0.2) is 34.1 Å². The Labute approximate surface area is 127 Å². The van der Waals surface area contributed by atoms with Gasteiger partial charge in [-0.1, -0.05) is 48.0 Å². The number of nitrogens with zero attached hydrogens (tertiary/aromatic N) is 1. The van der Waals surface area contributed by atoms with E-state index in [4.69, 9.17) is 4.98 Å². The van der Waals surface area contributed by atoms with Gasteiger partial charge in [-0.05, 0) is 19.0 Å². The van der Waals surface area contributed by atoms with Crippen molar-refractivity contribution in [2.24, 2.45) is 5.92 Å². The van der Waals surface area contributed by atoms with Crippen LogP contribution in [0.5, 0.6) is 0 Å². The molecule has 4 heteroatoms. The Bertz CT molecular complexity index is 536. The normalized spacial score (nSPS) is 12.9. The van der Waals surface area contributed by atoms with Gasteiger partial charge in [0.2, 0.25) is 0 Å². The number of hydrogen-bond acceptors (Lipinski definition) is 3. The van der Waals surface area contributed by atoms with Gasteiger partial charge in [0.15, 0.2) is 0 Å². The van der Waals surface area contributed by atoms with Crippen molar-refractivity contribution in [2.75, 3.05) is 13.6 Å². The van der Waals surface area contributed by atoms with E-state index in [1.54, 1.807) is 11.3 Å². The Hall–Kier alpha value is -0.710. The third-order valence-electron chi connectivity index (χ3n) is 3.23. The number of likely N-dealkylation sites (N-methyl/N-ethyl adjacent to an activating group) is 1. The zero-order chi connectivity index (χ0) is 13.8. The third-order valence-corrected chi connectivity index (χ3v) is 4.82. The summed E-state index contributed by atoms with van der Waals surface area (Å²) in [6.45, 7) is 5.47. The predicted octanol–water partition coefficient (Wildman–Crippen LogP) is 4.53. The lowest BCUT2D eigenvalue weighted by Gasteiger charge is -2.18. The molecule has 0 bridgehead atoms. The first-order chi connectivity index (χ1) is 9.13. The monoisotopic (exact) mass is 338 g/mol. The number of nitrogens with one attached hydrogen (secondary N) is 1. The fraction of sp³-hybridized carbons (Fsp3) is 0.400. The second-order valence-electron chi connectivity index (χ2n) is 4.97. The SMILES string of the molecule is CNCC(c1csc(-c2ccccc2Br)n1)C(C)C. The third kappa shape index (κ3) is 3.44. The molecule has 0 spiro atoms. The van der Waals surface area contributed by atoms with E-state index in [9.17, 15) is 0 Å². The summed E-state index contributed by atoms with van der Waals surface area (Å²) in [6, 6.07) is 8.24. The number of hydrogen-bond donors (Lipinski definition) is 1. The van der Waals surface area contributed by atoms with Gasteiger partial charge in [0.1, 0.15) is 5.01 Å². The average molecular weight is 339 g/mol. The number of aromatic nitrogens is 1. The highest BCUT2D eigenvalue weighted by molar-refractivity contribution is 9.10. The maximum Gasteiger partial charge on any atom is 0.124 e. The zero-order valence-electron chi connectivity index (χ0n) is 11.5. The van der Waals surface area contributed by atoms with Gasteiger partial charge in [-0.3, -0.25) is 0 Å². The van der Waals surface area contributed by atoms with E-state index in [-0.39, 0.29) is 0 Å². The number of benzene rings is 1. The molecule has 0 amide bonds. The fourth-order valence-electron chi connectivity index (χ4n) is 2.12. The topological polar surface area (TPSA) is 24.9 Å². The number of thiazole rings is 1. The van der Waals surface area contributed by atoms with Gasteiger partial charge >= 0.3 is 0 Å². The van der Waals surface area contributed by atoms with E-state index in [1.807, 2.05) is 13.1 Å². The minimum Gasteiger partial charge on any atom is -0.319 e. The maximum atomic E-state index is 4.83. The highest BCUT2D eigenvalue weighted by Crippen LogP contribution is 2.33. The van der Waals surface area contributed by atoms with E-state index < -0.39 is 0 Å². The summed E-state index contributed by atoms with van der Waals surface area (Å²) in [5, 5.41) is 6.54. The molecule has 2 rings (SSSR count). The second kappa shape index (κ2) is 6.64. The van der Waals surface area contributed by atoms with Crippen molar-refractivity contribution in [2.45, 2.75) is 19.8 Å². The molecule has 0 saturated carbocycles. The predicted molar refractivity (Wildman–Crippen MR) is 86.8 cm³/mol. The Kier molecular flexibility index (Phi) is 5.13. The van der Waals surface area contributed by atoms with Gasteiger partial charge < -0.3 is 5.32 Å². The summed E-state index contributed by atoms with van der Waals surface area (Å²) in [6.07, 6.45) is 0. The van der Waals surface area contributed by atoms with E-state index in [0.717, 1.165) is 16.0 Å². The molecule has 1 aromatic heterocycles. The molecule has 1 heterocycles. The maximum absolute atomic E-state index is 4.83. The molecular formula is C15H19BrN2S. The number of halogens is 1. The van der Waals surface area contributed by atoms with E-state index in [0.29, 0.717) is 11.8 Å². The van der Waals surface area contributed by atoms with Crippen molar-refractivity contribution in [1.82, 2.24) is 10.3 Å². The molecule has 1 unspecified atom stereocenters. The molecule has 19 heavy (non-hydrogen) atoms. The highest BCUT2D eigenvalue weighted by Gasteiger charge is 2.19. The van der Waals surface area contributed by atoms with Crippen LogP contribution in [-0.2, 0) is 0 Å². The molecular weight excluding hydrogens is 320 g/mol. The summed E-state index contributed by atoms with van der Waals surface area (Å²) in [7, 11) is 2.00. The molecule has 0 saturated heterocycles. The lowest BCUT2D eigenvalue weighted by atomic mass is 9.93. The number of rotatable bonds is 5. The Morgan fingerprint density at radius 1 is 1.32 bits per heavy atom. The van der Waals surface area contributed by atoms with E-state index in [2.05, 4.69) is 58.7 Å². The van der Waals surface area contributed by atoms with Crippen molar-refractivity contribution < 1.29 is 0 Å². The van der Waals surface area contributed by atoms with Crippen LogP contribution >= 0.6 is 27.3 Å². The van der Waals surface area contributed by atoms with Crippen LogP contribution in [0.2, 0.25) is 0 Å². The summed E-state index contributed by atoms with van der Waals surface area (Å²) in [5.74, 6) is 1.05. The van der Waals surface area contributed by atoms with Crippen LogP contribution in [0.3, 0.4) is 0 Å². The Balaban J connectivity index is 2.30. The van der Waals surface area contributed by atoms with E-state index >= 15 is 0 Å². The molecule has 102 valence electrons. The Morgan fingerprint density at radius 2 is 2.05 bits per heavy atom. The van der Waals surface area contributed by atoms with Crippen molar-refractivity contribution >= 4 is 27.3 Å². The summed E-state index contributed by atoms with van der Waals surface area (Å²) in [5.41, 5.74) is 2.37. The van der Waals surface area contributed by atoms with Gasteiger partial charge in [-0.15, -0.1) is 11.3 Å². The summed E-state index contributed by atoms with van der Waals surface area (Å²) < 4.78 is 1.10. The van der Waals surface area contributed by atoms with Crippen LogP contribution in [0.4, 0.5) is 0 Å². The molecule has 0 radical (unpaired) electrons. The standard InChI is InChI=1S/C15H19BrN2S/c1-10(2)12(8-17-3)14-9-19-15(18-14)11-6-4-5-7-13(11)16/h4-7,9-10,12,17H,8H2,1-3H3. The first kappa shape index (κ1) is 14.7. The van der Waals surface area contributed by atoms with Gasteiger partial charge in [0.05, 0.1) is 5.69 Å². The van der Waals surface area contributed by atoms with Crippen LogP contribution in [-0.4, -0.2) is 18.6 Å². The van der Waals surface area contributed by atoms with E-state index in [1.165, 1.54) is 11.3 Å². The minimum atomic E-state index is 0.470. The quantitative estimate of drug-likeness (QED) is 0.866. The van der Waals surface area contributed by atoms with Crippen LogP contribution in [0.25, 0.3) is 10.6 Å². The fourth-order valence-corrected chi connectivity index (χ4v) is 3.64. The second-order valence-corrected chi connectivity index (χ2v) is 6.68. The van der Waals surface area contributed by atoms with Crippen molar-refractivity contribution in [3.05, 3.63) is 39.8 Å². The minimum absolute atomic E-state index is 0.470. The largest absolute Gasteiger partial charge is 0.319 e. The van der Waals surface area contributed by atoms with Crippen LogP contribution < -0.4 is 5.32 Å². The summed E-state index contributed by atoms with van der Waals surface area (Å²) in [4.78, 5) is 4.83. The van der Waals surface area contributed by atoms with Gasteiger partial charge in [-0.2, -0.15) is 0 Å². The smallest absolute Gasteiger partial charge is 0.124 e. The Morgan fingerprint density at radius 3 is 2.68 bits per heavy atom. The lowest BCUT2D eigenvalue weighted by Crippen LogP contribution is -2.21. The van der Waals surface area contributed by atoms with Crippen LogP contribution in [0.1, 0.15) is 25.5 Å². The van der Waals surface area contributed by atoms with Gasteiger partial charge in [-0.25, -0.2) is 4.98 Å². The first-order valence-electron chi connectivity index (χ1n) is 6.48. The average Bonchev–Trinajstić information content (AvgIpc) is 2.85. The van der Waals surface area contributed by atoms with Crippen molar-refractivity contribution in [3.63, 3.8) is 0 Å². The molecule has 0 aliphatic rings. The first-order valence-corrected chi connectivity index (χ1v) is 8.15. The van der Waals surface area contributed by atoms with Crippen LogP contribution in [0, 0.1) is 5.92 Å². The molecule has 2 aromatic rings.